The van der Waals surface area contributed by atoms with E-state index in [2.05, 4.69) is 4.85 Å². The summed E-state index contributed by atoms with van der Waals surface area (Å²) in [5.74, 6) is -0.934. The highest BCUT2D eigenvalue weighted by atomic mass is 16.4. The Hall–Kier alpha value is -2.02. The second-order valence-electron chi connectivity index (χ2n) is 4.30. The van der Waals surface area contributed by atoms with E-state index in [0.29, 0.717) is 6.54 Å². The topological polar surface area (TPSA) is 44.9 Å². The second kappa shape index (κ2) is 3.24. The van der Waals surface area contributed by atoms with Crippen molar-refractivity contribution in [2.24, 2.45) is 0 Å². The molecule has 82 valence electrons. The summed E-state index contributed by atoms with van der Waals surface area (Å²) < 4.78 is 0. The number of likely N-dealkylation sites (N-methyl/N-ethyl adjacent to an activating group) is 1. The molecule has 1 aromatic carbocycles. The molecule has 0 bridgehead atoms. The van der Waals surface area contributed by atoms with Crippen molar-refractivity contribution in [3.05, 3.63) is 34.2 Å². The van der Waals surface area contributed by atoms with Crippen LogP contribution in [0.2, 0.25) is 0 Å². The van der Waals surface area contributed by atoms with Crippen LogP contribution in [-0.2, 0) is 5.54 Å². The molecule has 0 aromatic heterocycles. The molecular formula is C12H13N2O2+. The standard InChI is InChI=1S/C12H12N2O2/c1-12(13-2)7-14(3)10-5-4-8(11(15)16)6-9(10)12/h2,4-6H,7H2,1,3H3/p+1/t12-/m0/s1. The van der Waals surface area contributed by atoms with Crippen molar-refractivity contribution in [1.29, 1.82) is 0 Å². The summed E-state index contributed by atoms with van der Waals surface area (Å²) in [5, 5.41) is 8.95. The van der Waals surface area contributed by atoms with E-state index < -0.39 is 11.5 Å². The van der Waals surface area contributed by atoms with Crippen molar-refractivity contribution in [2.75, 3.05) is 18.5 Å². The largest absolute Gasteiger partial charge is 0.478 e. The maximum atomic E-state index is 10.9. The molecular weight excluding hydrogens is 204 g/mol. The average Bonchev–Trinajstić information content (AvgIpc) is 2.52. The van der Waals surface area contributed by atoms with Crippen molar-refractivity contribution in [3.8, 4) is 6.57 Å². The molecule has 1 aliphatic rings. The minimum atomic E-state index is -0.934. The molecule has 0 unspecified atom stereocenters. The van der Waals surface area contributed by atoms with Gasteiger partial charge in [-0.3, -0.25) is 0 Å². The van der Waals surface area contributed by atoms with Gasteiger partial charge in [0, 0.05) is 19.7 Å². The Morgan fingerprint density at radius 2 is 2.31 bits per heavy atom. The quantitative estimate of drug-likeness (QED) is 0.782. The third kappa shape index (κ3) is 1.33. The molecule has 0 saturated carbocycles. The smallest absolute Gasteiger partial charge is 0.335 e. The summed E-state index contributed by atoms with van der Waals surface area (Å²) >= 11 is 0. The van der Waals surface area contributed by atoms with E-state index in [1.807, 2.05) is 18.9 Å². The zero-order valence-corrected chi connectivity index (χ0v) is 9.27. The van der Waals surface area contributed by atoms with Crippen LogP contribution in [0.3, 0.4) is 0 Å². The van der Waals surface area contributed by atoms with E-state index in [-0.39, 0.29) is 5.56 Å². The molecule has 0 radical (unpaired) electrons. The van der Waals surface area contributed by atoms with Crippen molar-refractivity contribution >= 4 is 11.7 Å². The Morgan fingerprint density at radius 1 is 1.62 bits per heavy atom. The lowest BCUT2D eigenvalue weighted by Crippen LogP contribution is -2.25. The van der Waals surface area contributed by atoms with E-state index >= 15 is 0 Å². The van der Waals surface area contributed by atoms with Gasteiger partial charge in [-0.25, -0.2) is 4.79 Å². The number of carboxylic acids is 1. The van der Waals surface area contributed by atoms with Crippen LogP contribution in [0.5, 0.6) is 0 Å². The van der Waals surface area contributed by atoms with E-state index in [4.69, 9.17) is 11.7 Å². The molecule has 0 amide bonds. The molecule has 4 heteroatoms. The molecule has 0 saturated heterocycles. The Balaban J connectivity index is 2.62. The molecule has 1 aliphatic heterocycles. The van der Waals surface area contributed by atoms with Crippen LogP contribution in [0.25, 0.3) is 4.85 Å². The minimum Gasteiger partial charge on any atom is -0.478 e. The average molecular weight is 217 g/mol. The first-order chi connectivity index (χ1) is 7.48. The molecule has 16 heavy (non-hydrogen) atoms. The lowest BCUT2D eigenvalue weighted by atomic mass is 9.94. The third-order valence-corrected chi connectivity index (χ3v) is 3.06. The van der Waals surface area contributed by atoms with Gasteiger partial charge < -0.3 is 10.0 Å². The van der Waals surface area contributed by atoms with E-state index in [1.165, 1.54) is 0 Å². The number of fused-ring (bicyclic) bond motifs is 1. The fourth-order valence-corrected chi connectivity index (χ4v) is 2.18. The van der Waals surface area contributed by atoms with E-state index in [0.717, 1.165) is 11.3 Å². The van der Waals surface area contributed by atoms with Gasteiger partial charge in [0.1, 0.15) is 6.54 Å². The zero-order chi connectivity index (χ0) is 11.9. The third-order valence-electron chi connectivity index (χ3n) is 3.06. The number of nitrogens with zero attached hydrogens (tertiary/aromatic N) is 2. The predicted molar refractivity (Wildman–Crippen MR) is 62.3 cm³/mol. The zero-order valence-electron chi connectivity index (χ0n) is 9.27. The van der Waals surface area contributed by atoms with Gasteiger partial charge in [0.15, 0.2) is 0 Å². The summed E-state index contributed by atoms with van der Waals surface area (Å²) in [6.45, 7) is 7.99. The number of hydrogen-bond donors (Lipinski definition) is 1. The number of carbonyl (C=O) groups is 1. The maximum Gasteiger partial charge on any atom is 0.335 e. The first-order valence-electron chi connectivity index (χ1n) is 4.99. The Morgan fingerprint density at radius 3 is 2.88 bits per heavy atom. The van der Waals surface area contributed by atoms with Gasteiger partial charge in [-0.15, -0.1) is 0 Å². The SMILES string of the molecule is C#[N+][C@@]1(C)CN(C)c2ccc(C(=O)O)cc21. The van der Waals surface area contributed by atoms with Gasteiger partial charge in [-0.1, -0.05) is 4.85 Å². The fourth-order valence-electron chi connectivity index (χ4n) is 2.18. The van der Waals surface area contributed by atoms with Crippen LogP contribution in [-0.4, -0.2) is 24.7 Å². The van der Waals surface area contributed by atoms with Gasteiger partial charge in [0.25, 0.3) is 6.57 Å². The highest BCUT2D eigenvalue weighted by Crippen LogP contribution is 2.41. The van der Waals surface area contributed by atoms with E-state index in [9.17, 15) is 4.79 Å². The van der Waals surface area contributed by atoms with Crippen molar-refractivity contribution < 1.29 is 9.90 Å². The number of hydrogen-bond acceptors (Lipinski definition) is 2. The van der Waals surface area contributed by atoms with Gasteiger partial charge in [-0.2, -0.15) is 0 Å². The minimum absolute atomic E-state index is 0.268. The first-order valence-corrected chi connectivity index (χ1v) is 4.99. The lowest BCUT2D eigenvalue weighted by molar-refractivity contribution is 0.0697. The number of carboxylic acid groups (broad SMARTS) is 1. The van der Waals surface area contributed by atoms with Crippen molar-refractivity contribution in [2.45, 2.75) is 12.5 Å². The summed E-state index contributed by atoms with van der Waals surface area (Å²) in [4.78, 5) is 16.8. The van der Waals surface area contributed by atoms with Crippen LogP contribution in [0, 0.1) is 6.57 Å². The molecule has 1 aromatic rings. The number of anilines is 1. The monoisotopic (exact) mass is 217 g/mol. The predicted octanol–water partition coefficient (Wildman–Crippen LogP) is 2.01. The molecule has 1 atom stereocenters. The van der Waals surface area contributed by atoms with Crippen LogP contribution in [0.4, 0.5) is 5.69 Å². The Bertz CT molecular complexity index is 504. The highest BCUT2D eigenvalue weighted by molar-refractivity contribution is 5.89. The summed E-state index contributed by atoms with van der Waals surface area (Å²) in [6.07, 6.45) is 0. The molecule has 4 nitrogen and oxygen atoms in total. The summed E-state index contributed by atoms with van der Waals surface area (Å²) in [6, 6.07) is 5.05. The molecule has 2 rings (SSSR count). The number of benzene rings is 1. The van der Waals surface area contributed by atoms with Gasteiger partial charge in [0.05, 0.1) is 11.1 Å². The lowest BCUT2D eigenvalue weighted by Gasteiger charge is -2.09. The molecule has 1 N–H and O–H groups in total. The Labute approximate surface area is 93.9 Å². The van der Waals surface area contributed by atoms with Gasteiger partial charge >= 0.3 is 11.5 Å². The fraction of sp³-hybridized carbons (Fsp3) is 0.333. The summed E-state index contributed by atoms with van der Waals surface area (Å²) in [7, 11) is 1.94. The van der Waals surface area contributed by atoms with Crippen molar-refractivity contribution in [3.63, 3.8) is 0 Å². The summed E-state index contributed by atoms with van der Waals surface area (Å²) in [5.41, 5.74) is 1.61. The molecule has 0 aliphatic carbocycles. The van der Waals surface area contributed by atoms with Crippen LogP contribution in [0.1, 0.15) is 22.8 Å². The van der Waals surface area contributed by atoms with Crippen LogP contribution >= 0.6 is 0 Å². The Kier molecular flexibility index (Phi) is 2.13. The first kappa shape index (κ1) is 10.5. The molecule has 0 spiro atoms. The van der Waals surface area contributed by atoms with E-state index in [1.54, 1.807) is 18.2 Å². The second-order valence-corrected chi connectivity index (χ2v) is 4.30. The van der Waals surface area contributed by atoms with Gasteiger partial charge in [-0.05, 0) is 18.2 Å². The highest BCUT2D eigenvalue weighted by Gasteiger charge is 2.46. The molecule has 0 fully saturated rings. The number of aromatic carboxylic acids is 1. The maximum absolute atomic E-state index is 10.9. The normalized spacial score (nSPS) is 22.7. The molecule has 1 heterocycles. The van der Waals surface area contributed by atoms with Crippen molar-refractivity contribution in [1.82, 2.24) is 0 Å². The van der Waals surface area contributed by atoms with Crippen LogP contribution < -0.4 is 4.90 Å². The van der Waals surface area contributed by atoms with Gasteiger partial charge in [0.2, 0.25) is 0 Å². The number of rotatable bonds is 1. The van der Waals surface area contributed by atoms with Crippen LogP contribution in [0.15, 0.2) is 18.2 Å².